The summed E-state index contributed by atoms with van der Waals surface area (Å²) in [6.07, 6.45) is 10.3. The molecule has 1 unspecified atom stereocenters. The number of hydrogen-bond donors (Lipinski definition) is 0. The second kappa shape index (κ2) is 11.6. The minimum absolute atomic E-state index is 0.00612. The molecule has 0 spiro atoms. The van der Waals surface area contributed by atoms with Crippen LogP contribution in [0.25, 0.3) is 5.57 Å². The molecule has 5 rings (SSSR count). The van der Waals surface area contributed by atoms with Gasteiger partial charge in [-0.25, -0.2) is 0 Å². The smallest absolute Gasteiger partial charge is 0.229 e. The van der Waals surface area contributed by atoms with E-state index in [1.165, 1.54) is 11.1 Å². The monoisotopic (exact) mass is 526 g/mol. The summed E-state index contributed by atoms with van der Waals surface area (Å²) in [6, 6.07) is 12.5. The van der Waals surface area contributed by atoms with E-state index >= 15 is 0 Å². The Bertz CT molecular complexity index is 1270. The van der Waals surface area contributed by atoms with E-state index in [0.717, 1.165) is 68.9 Å². The maximum Gasteiger partial charge on any atom is 0.229 e. The molecular weight excluding hydrogens is 484 g/mol. The Morgan fingerprint density at radius 1 is 0.846 bits per heavy atom. The van der Waals surface area contributed by atoms with Gasteiger partial charge in [0.25, 0.3) is 0 Å². The Morgan fingerprint density at radius 3 is 2.13 bits per heavy atom. The lowest BCUT2D eigenvalue weighted by atomic mass is 9.76. The zero-order valence-electron chi connectivity index (χ0n) is 23.9. The molecule has 4 heteroatoms. The summed E-state index contributed by atoms with van der Waals surface area (Å²) in [5.74, 6) is 1.01. The number of ketones is 3. The van der Waals surface area contributed by atoms with Crippen LogP contribution in [0.15, 0.2) is 42.5 Å². The number of allylic oxidation sites excluding steroid dienone is 2. The van der Waals surface area contributed by atoms with Gasteiger partial charge in [0.1, 0.15) is 5.75 Å². The number of hydrogen-bond acceptors (Lipinski definition) is 4. The largest absolute Gasteiger partial charge is 0.496 e. The predicted octanol–water partition coefficient (Wildman–Crippen LogP) is 7.70. The molecule has 0 heterocycles. The fourth-order valence-corrected chi connectivity index (χ4v) is 6.94. The average molecular weight is 527 g/mol. The first-order valence-electron chi connectivity index (χ1n) is 14.9. The van der Waals surface area contributed by atoms with Crippen LogP contribution in [0.2, 0.25) is 0 Å². The van der Waals surface area contributed by atoms with Crippen molar-refractivity contribution in [1.82, 2.24) is 0 Å². The highest BCUT2D eigenvalue weighted by Gasteiger charge is 2.36. The molecule has 0 bridgehead atoms. The molecule has 0 amide bonds. The van der Waals surface area contributed by atoms with Gasteiger partial charge in [0.2, 0.25) is 11.6 Å². The second-order valence-corrected chi connectivity index (χ2v) is 12.4. The summed E-state index contributed by atoms with van der Waals surface area (Å²) in [6.45, 7) is 6.35. The first-order valence-corrected chi connectivity index (χ1v) is 14.9. The van der Waals surface area contributed by atoms with Crippen LogP contribution < -0.4 is 4.74 Å². The molecule has 0 N–H and O–H groups in total. The molecule has 2 aromatic rings. The van der Waals surface area contributed by atoms with Crippen molar-refractivity contribution >= 4 is 22.9 Å². The summed E-state index contributed by atoms with van der Waals surface area (Å²) in [5, 5.41) is 0. The molecular formula is C35H42O4. The van der Waals surface area contributed by atoms with E-state index in [1.807, 2.05) is 25.1 Å². The molecule has 0 aliphatic heterocycles. The van der Waals surface area contributed by atoms with Gasteiger partial charge in [-0.15, -0.1) is 0 Å². The van der Waals surface area contributed by atoms with E-state index in [1.54, 1.807) is 7.11 Å². The van der Waals surface area contributed by atoms with Crippen LogP contribution in [0.5, 0.6) is 5.75 Å². The topological polar surface area (TPSA) is 60.4 Å². The third kappa shape index (κ3) is 5.81. The summed E-state index contributed by atoms with van der Waals surface area (Å²) in [7, 11) is 1.60. The minimum Gasteiger partial charge on any atom is -0.496 e. The second-order valence-electron chi connectivity index (χ2n) is 12.4. The number of carbonyl (C=O) groups excluding carboxylic acids is 3. The van der Waals surface area contributed by atoms with Crippen LogP contribution in [0.1, 0.15) is 104 Å². The van der Waals surface area contributed by atoms with E-state index in [-0.39, 0.29) is 35.1 Å². The Morgan fingerprint density at radius 2 is 1.49 bits per heavy atom. The van der Waals surface area contributed by atoms with Gasteiger partial charge in [-0.3, -0.25) is 14.4 Å². The van der Waals surface area contributed by atoms with Crippen molar-refractivity contribution in [3.8, 4) is 5.75 Å². The van der Waals surface area contributed by atoms with E-state index in [9.17, 15) is 14.4 Å². The number of carbonyl (C=O) groups is 3. The van der Waals surface area contributed by atoms with Gasteiger partial charge in [0.15, 0.2) is 5.78 Å². The first-order chi connectivity index (χ1) is 18.7. The van der Waals surface area contributed by atoms with Crippen LogP contribution in [0, 0.1) is 30.6 Å². The Labute approximate surface area is 233 Å². The van der Waals surface area contributed by atoms with E-state index in [0.29, 0.717) is 28.7 Å². The van der Waals surface area contributed by atoms with Crippen LogP contribution in [0.3, 0.4) is 0 Å². The molecule has 0 radical (unpaired) electrons. The first kappa shape index (κ1) is 27.6. The van der Waals surface area contributed by atoms with Gasteiger partial charge < -0.3 is 4.74 Å². The molecule has 4 nitrogen and oxygen atoms in total. The van der Waals surface area contributed by atoms with Crippen LogP contribution in [-0.2, 0) is 16.0 Å². The molecule has 2 fully saturated rings. The standard InChI is InChI=1S/C35H42O4/c1-21-5-9-24(10-6-21)18-25-11-15-26(16-12-25)33(36)31-19-29-28(20-32(31)39-4)23(3)17-30(29)35(38)34(37)27-13-7-22(2)8-14-27/h5-6,9-10,17,19-20,22-23,25-27H,7-8,11-16,18H2,1-4H3. The number of methoxy groups -OCH3 is 1. The van der Waals surface area contributed by atoms with Crippen molar-refractivity contribution in [2.75, 3.05) is 7.11 Å². The van der Waals surface area contributed by atoms with Crippen molar-refractivity contribution in [3.63, 3.8) is 0 Å². The molecule has 3 aliphatic carbocycles. The number of ether oxygens (including phenoxy) is 1. The van der Waals surface area contributed by atoms with Gasteiger partial charge in [-0.2, -0.15) is 0 Å². The Kier molecular flexibility index (Phi) is 8.21. The molecule has 0 aromatic heterocycles. The van der Waals surface area contributed by atoms with Crippen molar-refractivity contribution in [2.45, 2.75) is 84.5 Å². The van der Waals surface area contributed by atoms with E-state index in [4.69, 9.17) is 4.74 Å². The zero-order chi connectivity index (χ0) is 27.7. The lowest BCUT2D eigenvalue weighted by Gasteiger charge is -2.28. The highest BCUT2D eigenvalue weighted by atomic mass is 16.5. The molecule has 1 atom stereocenters. The quantitative estimate of drug-likeness (QED) is 0.261. The maximum absolute atomic E-state index is 13.8. The molecule has 39 heavy (non-hydrogen) atoms. The maximum atomic E-state index is 13.8. The fourth-order valence-electron chi connectivity index (χ4n) is 6.94. The van der Waals surface area contributed by atoms with Crippen LogP contribution in [-0.4, -0.2) is 24.5 Å². The average Bonchev–Trinajstić information content (AvgIpc) is 3.28. The summed E-state index contributed by atoms with van der Waals surface area (Å²) < 4.78 is 5.69. The van der Waals surface area contributed by atoms with E-state index < -0.39 is 0 Å². The SMILES string of the molecule is COc1cc2c(cc1C(=O)C1CCC(Cc3ccc(C)cc3)CC1)C(C(=O)C(=O)C1CCC(C)CC1)=CC2C. The molecule has 3 aliphatic rings. The van der Waals surface area contributed by atoms with Crippen molar-refractivity contribution in [3.05, 3.63) is 70.3 Å². The lowest BCUT2D eigenvalue weighted by molar-refractivity contribution is -0.136. The predicted molar refractivity (Wildman–Crippen MR) is 155 cm³/mol. The van der Waals surface area contributed by atoms with Gasteiger partial charge >= 0.3 is 0 Å². The Hall–Kier alpha value is -3.01. The van der Waals surface area contributed by atoms with Gasteiger partial charge in [-0.05, 0) is 92.5 Å². The molecule has 2 aromatic carbocycles. The Balaban J connectivity index is 1.31. The summed E-state index contributed by atoms with van der Waals surface area (Å²) in [5.41, 5.74) is 5.36. The number of rotatable bonds is 8. The van der Waals surface area contributed by atoms with Crippen molar-refractivity contribution < 1.29 is 19.1 Å². The lowest BCUT2D eigenvalue weighted by Crippen LogP contribution is -2.28. The van der Waals surface area contributed by atoms with Crippen molar-refractivity contribution in [1.29, 1.82) is 0 Å². The van der Waals surface area contributed by atoms with E-state index in [2.05, 4.69) is 38.1 Å². The van der Waals surface area contributed by atoms with Gasteiger partial charge in [0.05, 0.1) is 12.7 Å². The number of benzene rings is 2. The summed E-state index contributed by atoms with van der Waals surface area (Å²) >= 11 is 0. The number of Topliss-reactive ketones (excluding diaryl/α,β-unsaturated/α-hetero) is 3. The zero-order valence-corrected chi connectivity index (χ0v) is 23.9. The fraction of sp³-hybridized carbons (Fsp3) is 0.514. The van der Waals surface area contributed by atoms with Crippen LogP contribution in [0.4, 0.5) is 0 Å². The highest BCUT2D eigenvalue weighted by Crippen LogP contribution is 2.43. The van der Waals surface area contributed by atoms with Gasteiger partial charge in [-0.1, -0.05) is 62.6 Å². The normalized spacial score (nSPS) is 26.5. The van der Waals surface area contributed by atoms with Crippen molar-refractivity contribution in [2.24, 2.45) is 23.7 Å². The third-order valence-electron chi connectivity index (χ3n) is 9.55. The van der Waals surface area contributed by atoms with Crippen LogP contribution >= 0.6 is 0 Å². The minimum atomic E-state index is -0.389. The number of fused-ring (bicyclic) bond motifs is 1. The molecule has 2 saturated carbocycles. The molecule has 206 valence electrons. The third-order valence-corrected chi connectivity index (χ3v) is 9.55. The molecule has 0 saturated heterocycles. The van der Waals surface area contributed by atoms with Gasteiger partial charge in [0, 0.05) is 23.3 Å². The number of aryl methyl sites for hydroxylation is 1. The summed E-state index contributed by atoms with van der Waals surface area (Å²) in [4.78, 5) is 40.4. The highest BCUT2D eigenvalue weighted by molar-refractivity contribution is 6.55.